The molecule has 2 aliphatic heterocycles. The molecule has 0 radical (unpaired) electrons. The first-order valence-corrected chi connectivity index (χ1v) is 10.2. The predicted molar refractivity (Wildman–Crippen MR) is 95.7 cm³/mol. The number of alkyl halides is 2. The van der Waals surface area contributed by atoms with Gasteiger partial charge in [-0.05, 0) is 32.0 Å². The number of sulfone groups is 1. The van der Waals surface area contributed by atoms with Crippen LogP contribution in [0, 0.1) is 11.5 Å². The molecule has 11 heteroatoms. The van der Waals surface area contributed by atoms with Crippen molar-refractivity contribution in [2.75, 3.05) is 18.8 Å². The smallest absolute Gasteiger partial charge is 0.252 e. The molecule has 2 aliphatic rings. The number of guanidine groups is 1. The summed E-state index contributed by atoms with van der Waals surface area (Å²) < 4.78 is 55.7. The van der Waals surface area contributed by atoms with Crippen LogP contribution in [0.1, 0.15) is 25.5 Å². The minimum atomic E-state index is -4.21. The van der Waals surface area contributed by atoms with Crippen molar-refractivity contribution >= 4 is 15.8 Å². The Morgan fingerprint density at radius 3 is 2.86 bits per heavy atom. The summed E-state index contributed by atoms with van der Waals surface area (Å²) in [5.74, 6) is -0.715. The van der Waals surface area contributed by atoms with Gasteiger partial charge in [0.05, 0.1) is 17.5 Å². The molecule has 2 heterocycles. The normalized spacial score (nSPS) is 23.6. The van der Waals surface area contributed by atoms with E-state index in [0.29, 0.717) is 24.4 Å². The third-order valence-corrected chi connectivity index (χ3v) is 6.43. The van der Waals surface area contributed by atoms with Gasteiger partial charge in [-0.15, -0.1) is 0 Å². The Labute approximate surface area is 161 Å². The van der Waals surface area contributed by atoms with Gasteiger partial charge in [-0.25, -0.2) is 17.2 Å². The molecule has 0 bridgehead atoms. The number of ether oxygens (including phenoxy) is 1. The number of aliphatic hydroxyl groups excluding tert-OH is 1. The van der Waals surface area contributed by atoms with Crippen molar-refractivity contribution in [1.29, 1.82) is 5.26 Å². The molecule has 1 aromatic carbocycles. The van der Waals surface area contributed by atoms with Crippen molar-refractivity contribution < 1.29 is 27.0 Å². The van der Waals surface area contributed by atoms with Crippen LogP contribution in [0.2, 0.25) is 0 Å². The third-order valence-electron chi connectivity index (χ3n) is 4.77. The van der Waals surface area contributed by atoms with Gasteiger partial charge in [-0.1, -0.05) is 0 Å². The second kappa shape index (κ2) is 7.18. The van der Waals surface area contributed by atoms with Crippen LogP contribution in [0.15, 0.2) is 28.1 Å². The number of hydrogen-bond acceptors (Lipinski definition) is 8. The molecule has 0 aromatic heterocycles. The van der Waals surface area contributed by atoms with E-state index in [1.54, 1.807) is 24.9 Å². The second-order valence-corrected chi connectivity index (χ2v) is 9.14. The standard InChI is InChI=1S/C17H20F2N4O4S/c1-17(2)15(24)14(23-6-5-21-16(23)22-9-20)11-7-10(3-4-12(11)27-17)28(25,26)8-13(18)19/h3-4,7,13-15,24H,5-6,8H2,1-2H3,(H,21,22). The molecule has 0 spiro atoms. The molecule has 2 atom stereocenters. The van der Waals surface area contributed by atoms with Crippen LogP contribution < -0.4 is 10.1 Å². The van der Waals surface area contributed by atoms with Gasteiger partial charge in [0.2, 0.25) is 5.96 Å². The zero-order chi connectivity index (χ0) is 20.7. The quantitative estimate of drug-likeness (QED) is 0.559. The van der Waals surface area contributed by atoms with Gasteiger partial charge in [0.1, 0.15) is 23.2 Å². The largest absolute Gasteiger partial charge is 0.485 e. The number of aliphatic imine (C=N–C) groups is 1. The third kappa shape index (κ3) is 3.62. The summed E-state index contributed by atoms with van der Waals surface area (Å²) in [4.78, 5) is 5.56. The highest BCUT2D eigenvalue weighted by Gasteiger charge is 2.47. The zero-order valence-electron chi connectivity index (χ0n) is 15.3. The van der Waals surface area contributed by atoms with Crippen LogP contribution >= 0.6 is 0 Å². The predicted octanol–water partition coefficient (Wildman–Crippen LogP) is 1.04. The van der Waals surface area contributed by atoms with Crippen LogP contribution in [0.25, 0.3) is 0 Å². The van der Waals surface area contributed by atoms with E-state index in [2.05, 4.69) is 10.3 Å². The summed E-state index contributed by atoms with van der Waals surface area (Å²) in [5.41, 5.74) is -0.682. The molecule has 2 unspecified atom stereocenters. The van der Waals surface area contributed by atoms with Crippen molar-refractivity contribution in [2.24, 2.45) is 4.99 Å². The van der Waals surface area contributed by atoms with Crippen molar-refractivity contribution in [3.05, 3.63) is 23.8 Å². The molecule has 8 nitrogen and oxygen atoms in total. The number of aliphatic hydroxyl groups is 1. The lowest BCUT2D eigenvalue weighted by molar-refractivity contribution is -0.0806. The first-order valence-electron chi connectivity index (χ1n) is 8.55. The van der Waals surface area contributed by atoms with E-state index in [1.165, 1.54) is 18.2 Å². The molecule has 0 saturated carbocycles. The highest BCUT2D eigenvalue weighted by atomic mass is 32.2. The number of halogens is 2. The first-order chi connectivity index (χ1) is 13.1. The maximum Gasteiger partial charge on any atom is 0.252 e. The number of benzene rings is 1. The van der Waals surface area contributed by atoms with Gasteiger partial charge in [0.15, 0.2) is 16.0 Å². The number of nitrogens with one attached hydrogen (secondary N) is 1. The zero-order valence-corrected chi connectivity index (χ0v) is 16.1. The van der Waals surface area contributed by atoms with Gasteiger partial charge in [0.25, 0.3) is 6.43 Å². The fraction of sp³-hybridized carbons (Fsp3) is 0.529. The molecule has 0 amide bonds. The number of nitrogens with zero attached hydrogens (tertiary/aromatic N) is 3. The monoisotopic (exact) mass is 414 g/mol. The number of fused-ring (bicyclic) bond motifs is 1. The molecule has 28 heavy (non-hydrogen) atoms. The summed E-state index contributed by atoms with van der Waals surface area (Å²) in [7, 11) is -4.21. The number of rotatable bonds is 4. The van der Waals surface area contributed by atoms with Crippen LogP contribution in [-0.4, -0.2) is 61.4 Å². The van der Waals surface area contributed by atoms with Crippen molar-refractivity contribution in [3.8, 4) is 11.9 Å². The van der Waals surface area contributed by atoms with E-state index >= 15 is 0 Å². The number of hydrogen-bond donors (Lipinski definition) is 2. The Bertz CT molecular complexity index is 943. The minimum absolute atomic E-state index is 0.246. The van der Waals surface area contributed by atoms with Gasteiger partial charge < -0.3 is 14.7 Å². The van der Waals surface area contributed by atoms with Crippen LogP contribution in [0.5, 0.6) is 5.75 Å². The molecular formula is C17H20F2N4O4S. The highest BCUT2D eigenvalue weighted by molar-refractivity contribution is 7.91. The van der Waals surface area contributed by atoms with E-state index in [4.69, 9.17) is 10.00 Å². The summed E-state index contributed by atoms with van der Waals surface area (Å²) >= 11 is 0. The lowest BCUT2D eigenvalue weighted by Gasteiger charge is -2.45. The van der Waals surface area contributed by atoms with Crippen LogP contribution in [0.4, 0.5) is 8.78 Å². The molecule has 3 rings (SSSR count). The molecule has 2 N–H and O–H groups in total. The lowest BCUT2D eigenvalue weighted by Crippen LogP contribution is -2.55. The Morgan fingerprint density at radius 2 is 2.21 bits per heavy atom. The highest BCUT2D eigenvalue weighted by Crippen LogP contribution is 2.44. The number of nitriles is 1. The van der Waals surface area contributed by atoms with Crippen molar-refractivity contribution in [1.82, 2.24) is 10.2 Å². The summed E-state index contributed by atoms with van der Waals surface area (Å²) in [6, 6.07) is 3.09. The summed E-state index contributed by atoms with van der Waals surface area (Å²) in [5, 5.41) is 22.3. The van der Waals surface area contributed by atoms with Gasteiger partial charge in [-0.2, -0.15) is 5.26 Å². The van der Waals surface area contributed by atoms with Crippen LogP contribution in [0.3, 0.4) is 0 Å². The van der Waals surface area contributed by atoms with E-state index in [0.717, 1.165) is 0 Å². The summed E-state index contributed by atoms with van der Waals surface area (Å²) in [6.45, 7) is 4.13. The average Bonchev–Trinajstić information content (AvgIpc) is 3.02. The molecule has 0 saturated heterocycles. The van der Waals surface area contributed by atoms with Crippen molar-refractivity contribution in [3.63, 3.8) is 0 Å². The second-order valence-electron chi connectivity index (χ2n) is 7.10. The van der Waals surface area contributed by atoms with Crippen LogP contribution in [-0.2, 0) is 9.84 Å². The molecule has 1 aromatic rings. The van der Waals surface area contributed by atoms with Crippen molar-refractivity contribution in [2.45, 2.75) is 42.9 Å². The Morgan fingerprint density at radius 1 is 1.50 bits per heavy atom. The first kappa shape index (κ1) is 20.3. The average molecular weight is 414 g/mol. The maximum absolute atomic E-state index is 12.7. The SMILES string of the molecule is CC1(C)Oc2ccc(S(=O)(=O)CC(F)F)cc2C(N2CCN=C2NC#N)C1O. The molecule has 152 valence electrons. The minimum Gasteiger partial charge on any atom is -0.485 e. The summed E-state index contributed by atoms with van der Waals surface area (Å²) in [6.07, 6.45) is -2.32. The van der Waals surface area contributed by atoms with E-state index < -0.39 is 39.8 Å². The fourth-order valence-electron chi connectivity index (χ4n) is 3.43. The maximum atomic E-state index is 12.7. The van der Waals surface area contributed by atoms with E-state index in [-0.39, 0.29) is 10.9 Å². The van der Waals surface area contributed by atoms with Gasteiger partial charge in [-0.3, -0.25) is 10.3 Å². The lowest BCUT2D eigenvalue weighted by atomic mass is 9.85. The fourth-order valence-corrected chi connectivity index (χ4v) is 4.54. The van der Waals surface area contributed by atoms with E-state index in [9.17, 15) is 22.3 Å². The van der Waals surface area contributed by atoms with E-state index in [1.807, 2.05) is 0 Å². The Balaban J connectivity index is 2.10. The van der Waals surface area contributed by atoms with Gasteiger partial charge >= 0.3 is 0 Å². The van der Waals surface area contributed by atoms with Gasteiger partial charge in [0, 0.05) is 12.1 Å². The Hall–Kier alpha value is -2.45. The topological polar surface area (TPSA) is 115 Å². The molecule has 0 aliphatic carbocycles. The molecular weight excluding hydrogens is 394 g/mol. The molecule has 0 fully saturated rings. The Kier molecular flexibility index (Phi) is 5.20.